The first-order chi connectivity index (χ1) is 20.6. The fraction of sp³-hybridized carbons (Fsp3) is 0.300. The number of aliphatic hydroxyl groups is 2. The van der Waals surface area contributed by atoms with Crippen LogP contribution in [0.15, 0.2) is 71.7 Å². The van der Waals surface area contributed by atoms with Gasteiger partial charge in [-0.1, -0.05) is 30.3 Å². The maximum absolute atomic E-state index is 10.3. The van der Waals surface area contributed by atoms with E-state index in [1.807, 2.05) is 36.4 Å². The van der Waals surface area contributed by atoms with Crippen LogP contribution in [-0.2, 0) is 33.9 Å². The van der Waals surface area contributed by atoms with E-state index in [2.05, 4.69) is 10.3 Å². The van der Waals surface area contributed by atoms with Gasteiger partial charge in [0, 0.05) is 19.0 Å². The van der Waals surface area contributed by atoms with Gasteiger partial charge in [0.1, 0.15) is 18.1 Å². The second-order valence-electron chi connectivity index (χ2n) is 9.17. The number of hydrogen-bond acceptors (Lipinski definition) is 10. The van der Waals surface area contributed by atoms with Crippen LogP contribution in [0.1, 0.15) is 35.3 Å². The molecule has 0 amide bonds. The number of ether oxygens (including phenoxy) is 3. The number of benzene rings is 3. The lowest BCUT2D eigenvalue weighted by atomic mass is 10.1. The maximum atomic E-state index is 10.3. The average Bonchev–Trinajstić information content (AvgIpc) is 2.95. The lowest BCUT2D eigenvalue weighted by molar-refractivity contribution is -0.134. The highest BCUT2D eigenvalue weighted by atomic mass is 16.5. The minimum atomic E-state index is -0.833. The van der Waals surface area contributed by atoms with Gasteiger partial charge in [-0.15, -0.1) is 0 Å². The van der Waals surface area contributed by atoms with E-state index >= 15 is 0 Å². The molecule has 0 heterocycles. The summed E-state index contributed by atoms with van der Waals surface area (Å²) in [5, 5.41) is 47.0. The highest BCUT2D eigenvalue weighted by molar-refractivity contribution is 5.87. The minimum Gasteiger partial charge on any atom is -0.508 e. The fourth-order valence-corrected chi connectivity index (χ4v) is 3.67. The van der Waals surface area contributed by atoms with Gasteiger partial charge in [0.25, 0.3) is 18.0 Å². The molecule has 0 aliphatic rings. The zero-order chi connectivity index (χ0) is 31.6. The summed E-state index contributed by atoms with van der Waals surface area (Å²) in [7, 11) is 0. The van der Waals surface area contributed by atoms with Gasteiger partial charge in [0.15, 0.2) is 0 Å². The number of amidine groups is 2. The number of phenols is 1. The molecule has 10 N–H and O–H groups in total. The zero-order valence-electron chi connectivity index (χ0n) is 23.9. The number of nitrogens with two attached hydrogens (primary N) is 2. The summed E-state index contributed by atoms with van der Waals surface area (Å²) in [5.74, 6) is -0.0745. The standard InChI is InChI=1S/C28H35N5O6.C2H4O2/c29-27(30)39-28(31)33-23-3-1-2-20(14-23)18-37-12-13-38-24-7-4-19(5-8-24)10-11-32-16-26(36)21-6-9-25(35)22(15-21)17-34;1-2(3)4/h1-9,14-15,26,32,34-36H,10-13,16-18H2,(H3,29,30)(H2,31,33);1H3,(H,3,4)/t26-;/m0./s1. The first-order valence-corrected chi connectivity index (χ1v) is 13.3. The molecule has 43 heavy (non-hydrogen) atoms. The minimum absolute atomic E-state index is 0.0134. The molecule has 0 radical (unpaired) electrons. The third-order valence-corrected chi connectivity index (χ3v) is 5.64. The Bertz CT molecular complexity index is 1330. The van der Waals surface area contributed by atoms with E-state index in [0.717, 1.165) is 30.2 Å². The van der Waals surface area contributed by atoms with E-state index in [0.29, 0.717) is 49.7 Å². The number of aromatic hydroxyl groups is 1. The molecular weight excluding hydrogens is 558 g/mol. The summed E-state index contributed by atoms with van der Waals surface area (Å²) in [6.45, 7) is 3.00. The molecule has 232 valence electrons. The lowest BCUT2D eigenvalue weighted by Crippen LogP contribution is -2.25. The largest absolute Gasteiger partial charge is 0.508 e. The van der Waals surface area contributed by atoms with Crippen molar-refractivity contribution in [3.63, 3.8) is 0 Å². The van der Waals surface area contributed by atoms with Crippen LogP contribution < -0.4 is 21.5 Å². The Morgan fingerprint density at radius 2 is 1.77 bits per heavy atom. The molecule has 3 aromatic rings. The third kappa shape index (κ3) is 14.2. The van der Waals surface area contributed by atoms with Crippen LogP contribution in [0.2, 0.25) is 0 Å². The van der Waals surface area contributed by atoms with E-state index < -0.39 is 18.1 Å². The first kappa shape index (κ1) is 34.5. The number of aliphatic imine (C=N–C) groups is 1. The Balaban J connectivity index is 0.00000151. The van der Waals surface area contributed by atoms with Gasteiger partial charge in [-0.2, -0.15) is 4.99 Å². The Kier molecular flexibility index (Phi) is 15.0. The number of hydrogen-bond donors (Lipinski definition) is 8. The number of aliphatic carboxylic acids is 1. The van der Waals surface area contributed by atoms with Crippen molar-refractivity contribution < 1.29 is 39.4 Å². The van der Waals surface area contributed by atoms with E-state index in [1.165, 1.54) is 6.07 Å². The van der Waals surface area contributed by atoms with Crippen LogP contribution in [0, 0.1) is 5.41 Å². The zero-order valence-corrected chi connectivity index (χ0v) is 23.9. The van der Waals surface area contributed by atoms with Crippen molar-refractivity contribution in [1.29, 1.82) is 5.41 Å². The molecule has 0 spiro atoms. The molecule has 3 aromatic carbocycles. The molecule has 0 aliphatic heterocycles. The fourth-order valence-electron chi connectivity index (χ4n) is 3.67. The Morgan fingerprint density at radius 3 is 2.44 bits per heavy atom. The van der Waals surface area contributed by atoms with Crippen molar-refractivity contribution in [3.8, 4) is 11.5 Å². The summed E-state index contributed by atoms with van der Waals surface area (Å²) in [6, 6.07) is 19.1. The molecule has 13 heteroatoms. The highest BCUT2D eigenvalue weighted by Crippen LogP contribution is 2.22. The molecule has 0 fully saturated rings. The van der Waals surface area contributed by atoms with Crippen molar-refractivity contribution in [1.82, 2.24) is 5.32 Å². The van der Waals surface area contributed by atoms with Gasteiger partial charge < -0.3 is 51.4 Å². The van der Waals surface area contributed by atoms with Crippen LogP contribution >= 0.6 is 0 Å². The summed E-state index contributed by atoms with van der Waals surface area (Å²) in [5.41, 5.74) is 14.3. The summed E-state index contributed by atoms with van der Waals surface area (Å²) >= 11 is 0. The van der Waals surface area contributed by atoms with Crippen LogP contribution in [0.25, 0.3) is 0 Å². The topological polar surface area (TPSA) is 226 Å². The van der Waals surface area contributed by atoms with E-state index in [-0.39, 0.29) is 18.4 Å². The summed E-state index contributed by atoms with van der Waals surface area (Å²) in [4.78, 5) is 13.0. The number of carboxylic acids is 1. The van der Waals surface area contributed by atoms with Gasteiger partial charge in [-0.3, -0.25) is 10.2 Å². The molecule has 13 nitrogen and oxygen atoms in total. The predicted octanol–water partition coefficient (Wildman–Crippen LogP) is 2.29. The smallest absolute Gasteiger partial charge is 0.300 e. The van der Waals surface area contributed by atoms with Gasteiger partial charge in [0.2, 0.25) is 0 Å². The van der Waals surface area contributed by atoms with E-state index in [4.69, 9.17) is 41.0 Å². The molecule has 0 bridgehead atoms. The lowest BCUT2D eigenvalue weighted by Gasteiger charge is -2.14. The molecule has 0 aromatic heterocycles. The molecule has 0 saturated heterocycles. The highest BCUT2D eigenvalue weighted by Gasteiger charge is 2.10. The summed E-state index contributed by atoms with van der Waals surface area (Å²) in [6.07, 6.45) is 0.0425. The van der Waals surface area contributed by atoms with E-state index in [1.54, 1.807) is 24.3 Å². The van der Waals surface area contributed by atoms with Crippen LogP contribution in [0.3, 0.4) is 0 Å². The van der Waals surface area contributed by atoms with Crippen LogP contribution in [0.5, 0.6) is 11.5 Å². The average molecular weight is 598 g/mol. The molecule has 0 aliphatic carbocycles. The number of rotatable bonds is 14. The van der Waals surface area contributed by atoms with Crippen molar-refractivity contribution in [2.75, 3.05) is 26.3 Å². The SMILES string of the molecule is CC(=O)O.N=C(N)OC(N)=Nc1cccc(COCCOc2ccc(CCNC[C@H](O)c3ccc(O)c(CO)c3)cc2)c1. The predicted molar refractivity (Wildman–Crippen MR) is 161 cm³/mol. The summed E-state index contributed by atoms with van der Waals surface area (Å²) < 4.78 is 16.2. The number of nitrogens with one attached hydrogen (secondary N) is 2. The van der Waals surface area contributed by atoms with Gasteiger partial charge in [-0.05, 0) is 66.1 Å². The Labute approximate surface area is 249 Å². The van der Waals surface area contributed by atoms with Gasteiger partial charge in [0.05, 0.1) is 31.6 Å². The Morgan fingerprint density at radius 1 is 1.05 bits per heavy atom. The van der Waals surface area contributed by atoms with Crippen LogP contribution in [0.4, 0.5) is 5.69 Å². The van der Waals surface area contributed by atoms with Crippen molar-refractivity contribution >= 4 is 23.7 Å². The van der Waals surface area contributed by atoms with Crippen molar-refractivity contribution in [2.45, 2.75) is 32.7 Å². The van der Waals surface area contributed by atoms with Gasteiger partial charge >= 0.3 is 0 Å². The molecule has 0 saturated carbocycles. The maximum Gasteiger partial charge on any atom is 0.300 e. The number of aliphatic hydroxyl groups excluding tert-OH is 2. The van der Waals surface area contributed by atoms with Crippen molar-refractivity contribution in [2.24, 2.45) is 16.5 Å². The molecular formula is C30H39N5O8. The normalized spacial score (nSPS) is 11.7. The van der Waals surface area contributed by atoms with Crippen LogP contribution in [-0.4, -0.2) is 64.7 Å². The van der Waals surface area contributed by atoms with Crippen molar-refractivity contribution in [3.05, 3.63) is 89.0 Å². The van der Waals surface area contributed by atoms with Gasteiger partial charge in [-0.25, -0.2) is 0 Å². The molecule has 0 unspecified atom stereocenters. The number of nitrogens with zero attached hydrogens (tertiary/aromatic N) is 1. The van der Waals surface area contributed by atoms with E-state index in [9.17, 15) is 15.3 Å². The number of carbonyl (C=O) groups is 1. The monoisotopic (exact) mass is 597 g/mol. The second kappa shape index (κ2) is 18.7. The second-order valence-corrected chi connectivity index (χ2v) is 9.17. The number of carboxylic acid groups (broad SMARTS) is 1. The quantitative estimate of drug-likeness (QED) is 0.0764. The first-order valence-electron chi connectivity index (χ1n) is 13.3. The third-order valence-electron chi connectivity index (χ3n) is 5.64. The molecule has 3 rings (SSSR count). The molecule has 1 atom stereocenters. The Hall–Kier alpha value is -4.69.